The zero-order valence-electron chi connectivity index (χ0n) is 18.5. The first-order chi connectivity index (χ1) is 15.5. The maximum absolute atomic E-state index is 9.86. The highest BCUT2D eigenvalue weighted by atomic mass is 32.2. The van der Waals surface area contributed by atoms with Crippen molar-refractivity contribution in [1.29, 1.82) is 0 Å². The average Bonchev–Trinajstić information content (AvgIpc) is 2.82. The van der Waals surface area contributed by atoms with Gasteiger partial charge in [-0.25, -0.2) is 0 Å². The molecule has 0 aromatic heterocycles. The van der Waals surface area contributed by atoms with Crippen LogP contribution in [0, 0.1) is 0 Å². The first-order valence-electron chi connectivity index (χ1n) is 10.4. The third-order valence-electron chi connectivity index (χ3n) is 5.89. The number of fused-ring (bicyclic) bond motifs is 1. The first-order valence-corrected chi connectivity index (χ1v) is 11.4. The monoisotopic (exact) mass is 452 g/mol. The molecular formula is C26H28O5S. The van der Waals surface area contributed by atoms with Crippen LogP contribution in [0.5, 0.6) is 17.2 Å². The molecule has 1 unspecified atom stereocenters. The number of benzene rings is 3. The molecule has 4 rings (SSSR count). The molecule has 0 fully saturated rings. The summed E-state index contributed by atoms with van der Waals surface area (Å²) in [4.78, 5) is 1.20. The molecule has 5 nitrogen and oxygen atoms in total. The van der Waals surface area contributed by atoms with E-state index in [-0.39, 0.29) is 30.7 Å². The number of phenols is 1. The summed E-state index contributed by atoms with van der Waals surface area (Å²) < 4.78 is 21.3. The Morgan fingerprint density at radius 3 is 2.16 bits per heavy atom. The van der Waals surface area contributed by atoms with Crippen molar-refractivity contribution >= 4 is 11.8 Å². The van der Waals surface area contributed by atoms with Crippen LogP contribution in [0.25, 0.3) is 0 Å². The molecule has 1 heterocycles. The fourth-order valence-corrected chi connectivity index (χ4v) is 5.61. The Morgan fingerprint density at radius 1 is 0.875 bits per heavy atom. The Kier molecular flexibility index (Phi) is 6.94. The number of rotatable bonds is 8. The minimum Gasteiger partial charge on any atom is -0.508 e. The van der Waals surface area contributed by atoms with E-state index in [1.54, 1.807) is 26.4 Å². The second kappa shape index (κ2) is 9.86. The van der Waals surface area contributed by atoms with Gasteiger partial charge in [0.2, 0.25) is 0 Å². The smallest absolute Gasteiger partial charge is 0.188 e. The minimum atomic E-state index is -0.163. The van der Waals surface area contributed by atoms with Gasteiger partial charge in [-0.2, -0.15) is 0 Å². The Morgan fingerprint density at radius 2 is 1.50 bits per heavy atom. The van der Waals surface area contributed by atoms with E-state index in [0.29, 0.717) is 0 Å². The van der Waals surface area contributed by atoms with Gasteiger partial charge in [-0.05, 0) is 53.1 Å². The van der Waals surface area contributed by atoms with Crippen LogP contribution in [0.15, 0.2) is 71.6 Å². The highest BCUT2D eigenvalue weighted by Gasteiger charge is 2.42. The van der Waals surface area contributed by atoms with Gasteiger partial charge >= 0.3 is 0 Å². The van der Waals surface area contributed by atoms with E-state index >= 15 is 0 Å². The summed E-state index contributed by atoms with van der Waals surface area (Å²) in [6.45, 7) is 2.75. The lowest BCUT2D eigenvalue weighted by Gasteiger charge is -2.43. The molecule has 3 aromatic rings. The molecule has 0 radical (unpaired) electrons. The van der Waals surface area contributed by atoms with E-state index < -0.39 is 0 Å². The maximum atomic E-state index is 9.86. The summed E-state index contributed by atoms with van der Waals surface area (Å²) >= 11 is 1.84. The van der Waals surface area contributed by atoms with E-state index in [0.717, 1.165) is 22.8 Å². The molecule has 0 saturated carbocycles. The molecule has 32 heavy (non-hydrogen) atoms. The molecule has 1 aliphatic heterocycles. The van der Waals surface area contributed by atoms with Crippen molar-refractivity contribution in [2.45, 2.75) is 23.2 Å². The number of methoxy groups -OCH3 is 2. The number of ether oxygens (including phenoxy) is 4. The third-order valence-corrected chi connectivity index (χ3v) is 7.30. The van der Waals surface area contributed by atoms with Crippen molar-refractivity contribution in [2.24, 2.45) is 0 Å². The number of phenolic OH excluding ortho intramolecular Hbond substituents is 1. The lowest BCUT2D eigenvalue weighted by Crippen LogP contribution is -2.36. The van der Waals surface area contributed by atoms with E-state index in [9.17, 15) is 5.11 Å². The molecule has 0 bridgehead atoms. The van der Waals surface area contributed by atoms with Crippen molar-refractivity contribution < 1.29 is 24.1 Å². The van der Waals surface area contributed by atoms with Crippen LogP contribution in [0.2, 0.25) is 0 Å². The number of hydrogen-bond acceptors (Lipinski definition) is 6. The summed E-state index contributed by atoms with van der Waals surface area (Å²) in [5.41, 5.74) is 3.48. The zero-order chi connectivity index (χ0) is 22.6. The van der Waals surface area contributed by atoms with E-state index in [1.165, 1.54) is 16.0 Å². The highest BCUT2D eigenvalue weighted by molar-refractivity contribution is 7.99. The van der Waals surface area contributed by atoms with E-state index in [1.807, 2.05) is 42.1 Å². The molecule has 168 valence electrons. The zero-order valence-corrected chi connectivity index (χ0v) is 19.4. The first kappa shape index (κ1) is 22.5. The van der Waals surface area contributed by atoms with Crippen LogP contribution >= 0.6 is 11.8 Å². The van der Waals surface area contributed by atoms with Crippen molar-refractivity contribution in [3.05, 3.63) is 83.4 Å². The molecule has 1 aliphatic rings. The Labute approximate surface area is 193 Å². The van der Waals surface area contributed by atoms with Crippen LogP contribution in [0.1, 0.15) is 29.5 Å². The highest BCUT2D eigenvalue weighted by Crippen LogP contribution is 2.53. The van der Waals surface area contributed by atoms with Crippen LogP contribution in [-0.2, 0) is 14.9 Å². The van der Waals surface area contributed by atoms with Crippen molar-refractivity contribution in [3.8, 4) is 17.2 Å². The third kappa shape index (κ3) is 4.58. The largest absolute Gasteiger partial charge is 0.508 e. The molecular weight excluding hydrogens is 424 g/mol. The molecule has 0 amide bonds. The number of hydrogen-bond donors (Lipinski definition) is 1. The van der Waals surface area contributed by atoms with Crippen LogP contribution in [0.3, 0.4) is 0 Å². The Bertz CT molecular complexity index is 1040. The molecule has 2 atom stereocenters. The number of thioether (sulfide) groups is 1. The summed E-state index contributed by atoms with van der Waals surface area (Å²) in [5.74, 6) is 2.86. The number of aromatic hydroxyl groups is 1. The maximum Gasteiger partial charge on any atom is 0.188 e. The summed E-state index contributed by atoms with van der Waals surface area (Å²) in [7, 11) is 3.23. The van der Waals surface area contributed by atoms with Crippen LogP contribution in [-0.4, -0.2) is 38.7 Å². The minimum absolute atomic E-state index is 0.113. The molecule has 6 heteroatoms. The fraction of sp³-hybridized carbons (Fsp3) is 0.308. The van der Waals surface area contributed by atoms with Gasteiger partial charge in [0.25, 0.3) is 0 Å². The summed E-state index contributed by atoms with van der Waals surface area (Å²) in [5, 5.41) is 9.86. The summed E-state index contributed by atoms with van der Waals surface area (Å²) in [6.07, 6.45) is 0. The molecule has 3 aromatic carbocycles. The predicted molar refractivity (Wildman–Crippen MR) is 126 cm³/mol. The lowest BCUT2D eigenvalue weighted by atomic mass is 9.67. The Balaban J connectivity index is 1.75. The molecule has 1 N–H and O–H groups in total. The van der Waals surface area contributed by atoms with Crippen LogP contribution < -0.4 is 9.47 Å². The summed E-state index contributed by atoms with van der Waals surface area (Å²) in [6, 6.07) is 22.1. The van der Waals surface area contributed by atoms with Gasteiger partial charge in [-0.1, -0.05) is 37.3 Å². The van der Waals surface area contributed by atoms with Gasteiger partial charge in [0.05, 0.1) is 0 Å². The van der Waals surface area contributed by atoms with E-state index in [2.05, 4.69) is 31.2 Å². The average molecular weight is 453 g/mol. The standard InChI is InChI=1S/C26H28O5S/c1-26(19-6-10-21(11-7-19)30-16-28-2)15-32-24-14-22(31-17-29-3)12-13-23(24)25(26)18-4-8-20(27)9-5-18/h4-14,25,27H,15-17H2,1-3H3/t25?,26-/m1/s1. The van der Waals surface area contributed by atoms with Gasteiger partial charge < -0.3 is 24.1 Å². The van der Waals surface area contributed by atoms with Gasteiger partial charge in [-0.3, -0.25) is 0 Å². The molecule has 0 saturated heterocycles. The van der Waals surface area contributed by atoms with Gasteiger partial charge in [0.15, 0.2) is 13.6 Å². The van der Waals surface area contributed by atoms with E-state index in [4.69, 9.17) is 18.9 Å². The normalized spacial score (nSPS) is 19.9. The van der Waals surface area contributed by atoms with Gasteiger partial charge in [-0.15, -0.1) is 11.8 Å². The Hall–Kier alpha value is -2.67. The fourth-order valence-electron chi connectivity index (χ4n) is 4.27. The quantitative estimate of drug-likeness (QED) is 0.452. The SMILES string of the molecule is COCOc1ccc([C@@]2(C)CSc3cc(OCOC)ccc3C2c2ccc(O)cc2)cc1. The molecule has 0 spiro atoms. The molecule has 0 aliphatic carbocycles. The van der Waals surface area contributed by atoms with Crippen molar-refractivity contribution in [3.63, 3.8) is 0 Å². The topological polar surface area (TPSA) is 57.2 Å². The second-order valence-electron chi connectivity index (χ2n) is 8.06. The predicted octanol–water partition coefficient (Wildman–Crippen LogP) is 5.55. The van der Waals surface area contributed by atoms with Crippen molar-refractivity contribution in [2.75, 3.05) is 33.6 Å². The van der Waals surface area contributed by atoms with Crippen LogP contribution in [0.4, 0.5) is 0 Å². The van der Waals surface area contributed by atoms with Crippen molar-refractivity contribution in [1.82, 2.24) is 0 Å². The lowest BCUT2D eigenvalue weighted by molar-refractivity contribution is 0.0508. The van der Waals surface area contributed by atoms with Gasteiger partial charge in [0.1, 0.15) is 17.2 Å². The van der Waals surface area contributed by atoms with Gasteiger partial charge in [0, 0.05) is 36.2 Å². The second-order valence-corrected chi connectivity index (χ2v) is 9.07.